The Morgan fingerprint density at radius 2 is 2.06 bits per heavy atom. The molecule has 0 unspecified atom stereocenters. The van der Waals surface area contributed by atoms with Crippen LogP contribution >= 0.6 is 0 Å². The minimum Gasteiger partial charge on any atom is -0.357 e. The minimum atomic E-state index is 0.985. The lowest BCUT2D eigenvalue weighted by molar-refractivity contribution is 0.584. The Labute approximate surface area is 106 Å². The van der Waals surface area contributed by atoms with Gasteiger partial charge in [-0.3, -0.25) is 0 Å². The predicted octanol–water partition coefficient (Wildman–Crippen LogP) is 0.892. The van der Waals surface area contributed by atoms with E-state index < -0.39 is 0 Å². The second kappa shape index (κ2) is 4.78. The highest BCUT2D eigenvalue weighted by Gasteiger charge is 2.12. The van der Waals surface area contributed by atoms with E-state index in [1.165, 1.54) is 0 Å². The molecule has 2 aromatic heterocycles. The van der Waals surface area contributed by atoms with E-state index in [9.17, 15) is 0 Å². The van der Waals surface area contributed by atoms with Crippen molar-refractivity contribution in [2.75, 3.05) is 31.1 Å². The minimum absolute atomic E-state index is 0.985. The number of rotatable bonds is 2. The Morgan fingerprint density at radius 3 is 2.78 bits per heavy atom. The van der Waals surface area contributed by atoms with E-state index >= 15 is 0 Å². The lowest BCUT2D eigenvalue weighted by Gasteiger charge is -2.28. The van der Waals surface area contributed by atoms with Crippen molar-refractivity contribution >= 4 is 5.82 Å². The molecular weight excluding hydrogens is 226 g/mol. The number of piperazine rings is 1. The molecule has 94 valence electrons. The molecule has 0 spiro atoms. The summed E-state index contributed by atoms with van der Waals surface area (Å²) < 4.78 is 2.03. The van der Waals surface area contributed by atoms with E-state index in [0.717, 1.165) is 43.3 Å². The third-order valence-corrected chi connectivity index (χ3v) is 3.22. The molecule has 1 N–H and O–H groups in total. The van der Waals surface area contributed by atoms with Gasteiger partial charge in [0.2, 0.25) is 0 Å². The monoisotopic (exact) mass is 243 g/mol. The Hall–Kier alpha value is -1.88. The van der Waals surface area contributed by atoms with Gasteiger partial charge in [0.05, 0.1) is 5.69 Å². The normalized spacial score (nSPS) is 15.9. The van der Waals surface area contributed by atoms with E-state index in [0.29, 0.717) is 0 Å². The molecule has 18 heavy (non-hydrogen) atoms. The van der Waals surface area contributed by atoms with Crippen LogP contribution in [0, 0.1) is 0 Å². The fraction of sp³-hybridized carbons (Fsp3) is 0.385. The van der Waals surface area contributed by atoms with Gasteiger partial charge in [-0.15, -0.1) is 0 Å². The number of aromatic nitrogens is 3. The lowest BCUT2D eigenvalue weighted by atomic mass is 10.2. The van der Waals surface area contributed by atoms with Crippen molar-refractivity contribution in [1.29, 1.82) is 0 Å². The summed E-state index contributed by atoms with van der Waals surface area (Å²) in [5, 5.41) is 3.35. The van der Waals surface area contributed by atoms with Crippen LogP contribution in [-0.2, 0) is 7.05 Å². The molecule has 1 aliphatic heterocycles. The first-order valence-electron chi connectivity index (χ1n) is 6.23. The number of anilines is 1. The van der Waals surface area contributed by atoms with E-state index in [-0.39, 0.29) is 0 Å². The van der Waals surface area contributed by atoms with Crippen molar-refractivity contribution in [3.8, 4) is 11.3 Å². The van der Waals surface area contributed by atoms with E-state index in [4.69, 9.17) is 0 Å². The summed E-state index contributed by atoms with van der Waals surface area (Å²) in [6.45, 7) is 4.05. The van der Waals surface area contributed by atoms with E-state index in [2.05, 4.69) is 38.5 Å². The highest BCUT2D eigenvalue weighted by molar-refractivity contribution is 5.62. The Bertz CT molecular complexity index is 528. The maximum atomic E-state index is 4.38. The van der Waals surface area contributed by atoms with Gasteiger partial charge in [-0.1, -0.05) is 0 Å². The maximum absolute atomic E-state index is 4.38. The summed E-state index contributed by atoms with van der Waals surface area (Å²) in [5.41, 5.74) is 2.12. The van der Waals surface area contributed by atoms with E-state index in [1.807, 2.05) is 17.8 Å². The van der Waals surface area contributed by atoms with Gasteiger partial charge in [0, 0.05) is 57.3 Å². The number of nitrogens with zero attached hydrogens (tertiary/aromatic N) is 4. The molecule has 1 fully saturated rings. The molecule has 3 heterocycles. The zero-order chi connectivity index (χ0) is 12.4. The average molecular weight is 243 g/mol. The quantitative estimate of drug-likeness (QED) is 0.851. The van der Waals surface area contributed by atoms with Gasteiger partial charge in [-0.05, 0) is 6.07 Å². The first-order chi connectivity index (χ1) is 8.83. The van der Waals surface area contributed by atoms with Gasteiger partial charge < -0.3 is 14.8 Å². The molecule has 2 aromatic rings. The highest BCUT2D eigenvalue weighted by Crippen LogP contribution is 2.20. The van der Waals surface area contributed by atoms with Crippen molar-refractivity contribution in [2.24, 2.45) is 7.05 Å². The van der Waals surface area contributed by atoms with Crippen LogP contribution < -0.4 is 10.2 Å². The number of aryl methyl sites for hydroxylation is 1. The molecule has 0 atom stereocenters. The largest absolute Gasteiger partial charge is 0.357 e. The maximum Gasteiger partial charge on any atom is 0.132 e. The first kappa shape index (κ1) is 11.2. The molecule has 3 rings (SSSR count). The summed E-state index contributed by atoms with van der Waals surface area (Å²) in [6, 6.07) is 4.14. The molecule has 0 saturated carbocycles. The van der Waals surface area contributed by atoms with Crippen molar-refractivity contribution in [3.63, 3.8) is 0 Å². The summed E-state index contributed by atoms with van der Waals surface area (Å²) in [7, 11) is 2.02. The Kier molecular flexibility index (Phi) is 2.98. The van der Waals surface area contributed by atoms with Crippen LogP contribution in [0.25, 0.3) is 11.3 Å². The van der Waals surface area contributed by atoms with Crippen LogP contribution in [0.5, 0.6) is 0 Å². The molecule has 0 aliphatic carbocycles. The fourth-order valence-corrected chi connectivity index (χ4v) is 2.23. The van der Waals surface area contributed by atoms with Gasteiger partial charge in [0.1, 0.15) is 12.1 Å². The molecule has 0 radical (unpaired) electrons. The topological polar surface area (TPSA) is 46.0 Å². The fourth-order valence-electron chi connectivity index (χ4n) is 2.23. The van der Waals surface area contributed by atoms with Gasteiger partial charge >= 0.3 is 0 Å². The van der Waals surface area contributed by atoms with Gasteiger partial charge in [0.15, 0.2) is 0 Å². The molecule has 0 bridgehead atoms. The molecule has 0 aromatic carbocycles. The second-order valence-electron chi connectivity index (χ2n) is 4.56. The Balaban J connectivity index is 1.88. The lowest BCUT2D eigenvalue weighted by Crippen LogP contribution is -2.43. The van der Waals surface area contributed by atoms with Crippen molar-refractivity contribution in [3.05, 3.63) is 30.9 Å². The Morgan fingerprint density at radius 1 is 1.22 bits per heavy atom. The smallest absolute Gasteiger partial charge is 0.132 e. The van der Waals surface area contributed by atoms with Crippen LogP contribution in [0.1, 0.15) is 0 Å². The van der Waals surface area contributed by atoms with Gasteiger partial charge in [-0.2, -0.15) is 0 Å². The molecule has 0 amide bonds. The summed E-state index contributed by atoms with van der Waals surface area (Å²) in [6.07, 6.45) is 5.76. The average Bonchev–Trinajstić information content (AvgIpc) is 2.87. The second-order valence-corrected chi connectivity index (χ2v) is 4.56. The molecular formula is C13H17N5. The zero-order valence-corrected chi connectivity index (χ0v) is 10.5. The van der Waals surface area contributed by atoms with Crippen molar-refractivity contribution < 1.29 is 0 Å². The van der Waals surface area contributed by atoms with E-state index in [1.54, 1.807) is 6.33 Å². The third-order valence-electron chi connectivity index (χ3n) is 3.22. The predicted molar refractivity (Wildman–Crippen MR) is 71.5 cm³/mol. The molecule has 5 heteroatoms. The standard InChI is InChI=1S/C13H17N5/c1-17-5-2-11(9-17)12-8-13(16-10-15-12)18-6-3-14-4-7-18/h2,5,8-10,14H,3-4,6-7H2,1H3. The molecule has 5 nitrogen and oxygen atoms in total. The first-order valence-corrected chi connectivity index (χ1v) is 6.23. The number of nitrogens with one attached hydrogen (secondary N) is 1. The molecule has 1 saturated heterocycles. The highest BCUT2D eigenvalue weighted by atomic mass is 15.2. The number of hydrogen-bond donors (Lipinski definition) is 1. The van der Waals surface area contributed by atoms with Gasteiger partial charge in [-0.25, -0.2) is 9.97 Å². The van der Waals surface area contributed by atoms with Crippen LogP contribution in [0.15, 0.2) is 30.9 Å². The van der Waals surface area contributed by atoms with Gasteiger partial charge in [0.25, 0.3) is 0 Å². The van der Waals surface area contributed by atoms with Crippen LogP contribution in [-0.4, -0.2) is 40.7 Å². The SMILES string of the molecule is Cn1ccc(-c2cc(N3CCNCC3)ncn2)c1. The van der Waals surface area contributed by atoms with Crippen molar-refractivity contribution in [1.82, 2.24) is 19.9 Å². The summed E-state index contributed by atoms with van der Waals surface area (Å²) in [4.78, 5) is 11.0. The molecule has 1 aliphatic rings. The zero-order valence-electron chi connectivity index (χ0n) is 10.5. The number of hydrogen-bond acceptors (Lipinski definition) is 4. The van der Waals surface area contributed by atoms with Crippen molar-refractivity contribution in [2.45, 2.75) is 0 Å². The van der Waals surface area contributed by atoms with Crippen LogP contribution in [0.2, 0.25) is 0 Å². The summed E-state index contributed by atoms with van der Waals surface area (Å²) in [5.74, 6) is 1.02. The summed E-state index contributed by atoms with van der Waals surface area (Å²) >= 11 is 0. The van der Waals surface area contributed by atoms with Crippen LogP contribution in [0.4, 0.5) is 5.82 Å². The van der Waals surface area contributed by atoms with Crippen LogP contribution in [0.3, 0.4) is 0 Å². The third kappa shape index (κ3) is 2.22.